The van der Waals surface area contributed by atoms with Crippen LogP contribution in [0.5, 0.6) is 0 Å². The average molecular weight is 336 g/mol. The first-order chi connectivity index (χ1) is 7.22. The van der Waals surface area contributed by atoms with E-state index in [9.17, 15) is 4.79 Å². The normalized spacial score (nSPS) is 14.9. The molecule has 0 N–H and O–H groups in total. The Hall–Kier alpha value is -0.290. The predicted octanol–water partition coefficient (Wildman–Crippen LogP) is 2.81. The lowest BCUT2D eigenvalue weighted by atomic mass is 10.0. The number of carbonyl (C=O) groups excluding carboxylic acids is 1. The van der Waals surface area contributed by atoms with Gasteiger partial charge in [0.15, 0.2) is 0 Å². The zero-order chi connectivity index (χ0) is 10.8. The monoisotopic (exact) mass is 335 g/mol. The number of aryl methyl sites for hydroxylation is 1. The van der Waals surface area contributed by atoms with Gasteiger partial charge in [0.2, 0.25) is 5.91 Å². The fourth-order valence-electron chi connectivity index (χ4n) is 1.88. The second-order valence-corrected chi connectivity index (χ2v) is 5.07. The standard InChI is InChI=1S/C11H11ClINO/c12-7-11(15)14-5-1-2-8-3-4-9(13)6-10(8)14/h3-4,6H,1-2,5,7H2. The Kier molecular flexibility index (Phi) is 3.51. The molecule has 1 aliphatic heterocycles. The van der Waals surface area contributed by atoms with E-state index in [0.29, 0.717) is 0 Å². The minimum Gasteiger partial charge on any atom is -0.311 e. The molecular weight excluding hydrogens is 324 g/mol. The molecule has 1 aliphatic rings. The number of halogens is 2. The number of alkyl halides is 1. The molecule has 1 heterocycles. The molecule has 2 rings (SSSR count). The molecule has 0 saturated carbocycles. The molecule has 0 aromatic heterocycles. The van der Waals surface area contributed by atoms with Gasteiger partial charge in [-0.25, -0.2) is 0 Å². The van der Waals surface area contributed by atoms with Gasteiger partial charge >= 0.3 is 0 Å². The van der Waals surface area contributed by atoms with Gasteiger partial charge in [0, 0.05) is 15.8 Å². The largest absolute Gasteiger partial charge is 0.311 e. The summed E-state index contributed by atoms with van der Waals surface area (Å²) in [4.78, 5) is 13.4. The summed E-state index contributed by atoms with van der Waals surface area (Å²) in [5, 5.41) is 0. The summed E-state index contributed by atoms with van der Waals surface area (Å²) >= 11 is 7.86. The SMILES string of the molecule is O=C(CCl)N1CCCc2ccc(I)cc21. The molecule has 1 aromatic carbocycles. The number of carbonyl (C=O) groups is 1. The fraction of sp³-hybridized carbons (Fsp3) is 0.364. The van der Waals surface area contributed by atoms with Crippen LogP contribution >= 0.6 is 34.2 Å². The van der Waals surface area contributed by atoms with Crippen molar-refractivity contribution in [1.82, 2.24) is 0 Å². The average Bonchev–Trinajstić information content (AvgIpc) is 2.27. The van der Waals surface area contributed by atoms with Gasteiger partial charge in [0.25, 0.3) is 0 Å². The van der Waals surface area contributed by atoms with E-state index in [1.54, 1.807) is 4.90 Å². The van der Waals surface area contributed by atoms with Gasteiger partial charge in [-0.2, -0.15) is 0 Å². The summed E-state index contributed by atoms with van der Waals surface area (Å²) in [5.74, 6) is 0.0601. The van der Waals surface area contributed by atoms with E-state index in [0.717, 1.165) is 28.6 Å². The van der Waals surface area contributed by atoms with E-state index in [1.807, 2.05) is 0 Å². The van der Waals surface area contributed by atoms with Crippen LogP contribution in [0.4, 0.5) is 5.69 Å². The topological polar surface area (TPSA) is 20.3 Å². The number of nitrogens with zero attached hydrogens (tertiary/aromatic N) is 1. The summed E-state index contributed by atoms with van der Waals surface area (Å²) in [7, 11) is 0. The van der Waals surface area contributed by atoms with Crippen molar-refractivity contribution in [2.75, 3.05) is 17.3 Å². The van der Waals surface area contributed by atoms with Crippen LogP contribution in [0, 0.1) is 3.57 Å². The number of anilines is 1. The molecule has 0 saturated heterocycles. The molecule has 0 unspecified atom stereocenters. The van der Waals surface area contributed by atoms with Crippen LogP contribution in [0.15, 0.2) is 18.2 Å². The highest BCUT2D eigenvalue weighted by atomic mass is 127. The van der Waals surface area contributed by atoms with Crippen LogP contribution in [-0.2, 0) is 11.2 Å². The minimum atomic E-state index is -0.000355. The molecule has 0 bridgehead atoms. The second kappa shape index (κ2) is 4.70. The fourth-order valence-corrected chi connectivity index (χ4v) is 2.50. The van der Waals surface area contributed by atoms with Crippen LogP contribution in [0.25, 0.3) is 0 Å². The van der Waals surface area contributed by atoms with Gasteiger partial charge in [-0.05, 0) is 53.1 Å². The molecule has 80 valence electrons. The number of hydrogen-bond acceptors (Lipinski definition) is 1. The Balaban J connectivity index is 2.40. The lowest BCUT2D eigenvalue weighted by Gasteiger charge is -2.29. The summed E-state index contributed by atoms with van der Waals surface area (Å²) in [5.41, 5.74) is 2.29. The summed E-state index contributed by atoms with van der Waals surface area (Å²) in [6.07, 6.45) is 2.08. The van der Waals surface area contributed by atoms with Crippen molar-refractivity contribution in [1.29, 1.82) is 0 Å². The lowest BCUT2D eigenvalue weighted by molar-refractivity contribution is -0.116. The Bertz CT molecular complexity index is 394. The number of rotatable bonds is 1. The van der Waals surface area contributed by atoms with Crippen LogP contribution in [0.1, 0.15) is 12.0 Å². The molecule has 0 aliphatic carbocycles. The summed E-state index contributed by atoms with van der Waals surface area (Å²) < 4.78 is 1.15. The molecule has 0 spiro atoms. The maximum Gasteiger partial charge on any atom is 0.241 e. The van der Waals surface area contributed by atoms with Crippen LogP contribution in [-0.4, -0.2) is 18.3 Å². The first-order valence-electron chi connectivity index (χ1n) is 4.87. The Labute approximate surface area is 108 Å². The Morgan fingerprint density at radius 3 is 3.07 bits per heavy atom. The third-order valence-electron chi connectivity index (χ3n) is 2.58. The van der Waals surface area contributed by atoms with Gasteiger partial charge in [0.05, 0.1) is 0 Å². The highest BCUT2D eigenvalue weighted by Gasteiger charge is 2.21. The van der Waals surface area contributed by atoms with E-state index in [4.69, 9.17) is 11.6 Å². The minimum absolute atomic E-state index is 0.000355. The zero-order valence-electron chi connectivity index (χ0n) is 8.17. The third-order valence-corrected chi connectivity index (χ3v) is 3.48. The molecule has 0 fully saturated rings. The highest BCUT2D eigenvalue weighted by molar-refractivity contribution is 14.1. The molecule has 15 heavy (non-hydrogen) atoms. The van der Waals surface area contributed by atoms with Crippen LogP contribution in [0.2, 0.25) is 0 Å². The van der Waals surface area contributed by atoms with Gasteiger partial charge in [-0.1, -0.05) is 6.07 Å². The van der Waals surface area contributed by atoms with E-state index in [2.05, 4.69) is 40.8 Å². The van der Waals surface area contributed by atoms with Gasteiger partial charge < -0.3 is 4.90 Å². The first-order valence-corrected chi connectivity index (χ1v) is 6.48. The van der Waals surface area contributed by atoms with Crippen molar-refractivity contribution in [2.24, 2.45) is 0 Å². The van der Waals surface area contributed by atoms with E-state index >= 15 is 0 Å². The number of benzene rings is 1. The van der Waals surface area contributed by atoms with Crippen molar-refractivity contribution in [3.63, 3.8) is 0 Å². The smallest absolute Gasteiger partial charge is 0.241 e. The number of fused-ring (bicyclic) bond motifs is 1. The lowest BCUT2D eigenvalue weighted by Crippen LogP contribution is -2.36. The zero-order valence-corrected chi connectivity index (χ0v) is 11.1. The van der Waals surface area contributed by atoms with Crippen molar-refractivity contribution in [3.8, 4) is 0 Å². The first kappa shape index (κ1) is 11.2. The molecule has 0 atom stereocenters. The van der Waals surface area contributed by atoms with Crippen molar-refractivity contribution in [3.05, 3.63) is 27.3 Å². The van der Waals surface area contributed by atoms with Gasteiger partial charge in [0.1, 0.15) is 5.88 Å². The number of amides is 1. The number of hydrogen-bond donors (Lipinski definition) is 0. The molecule has 2 nitrogen and oxygen atoms in total. The third kappa shape index (κ3) is 2.28. The second-order valence-electron chi connectivity index (χ2n) is 3.56. The molecular formula is C11H11ClINO. The molecule has 1 aromatic rings. The van der Waals surface area contributed by atoms with Crippen molar-refractivity contribution in [2.45, 2.75) is 12.8 Å². The van der Waals surface area contributed by atoms with E-state index in [1.165, 1.54) is 5.56 Å². The summed E-state index contributed by atoms with van der Waals surface area (Å²) in [6.45, 7) is 0.790. The van der Waals surface area contributed by atoms with Gasteiger partial charge in [-0.3, -0.25) is 4.79 Å². The highest BCUT2D eigenvalue weighted by Crippen LogP contribution is 2.28. The van der Waals surface area contributed by atoms with E-state index < -0.39 is 0 Å². The Morgan fingerprint density at radius 2 is 2.33 bits per heavy atom. The molecule has 4 heteroatoms. The molecule has 1 amide bonds. The van der Waals surface area contributed by atoms with Gasteiger partial charge in [-0.15, -0.1) is 11.6 Å². The van der Waals surface area contributed by atoms with Crippen molar-refractivity contribution >= 4 is 45.8 Å². The predicted molar refractivity (Wildman–Crippen MR) is 70.6 cm³/mol. The van der Waals surface area contributed by atoms with Crippen LogP contribution in [0.3, 0.4) is 0 Å². The van der Waals surface area contributed by atoms with Crippen molar-refractivity contribution < 1.29 is 4.79 Å². The van der Waals surface area contributed by atoms with E-state index in [-0.39, 0.29) is 11.8 Å². The summed E-state index contributed by atoms with van der Waals surface area (Å²) in [6, 6.07) is 6.23. The Morgan fingerprint density at radius 1 is 1.53 bits per heavy atom. The quantitative estimate of drug-likeness (QED) is 0.571. The maximum atomic E-state index is 11.6. The maximum absolute atomic E-state index is 11.6. The van der Waals surface area contributed by atoms with Crippen LogP contribution < -0.4 is 4.90 Å². The molecule has 0 radical (unpaired) electrons.